The smallest absolute Gasteiger partial charge is 0.335 e. The Balaban J connectivity index is 2.18. The van der Waals surface area contributed by atoms with Crippen molar-refractivity contribution in [2.24, 2.45) is 0 Å². The zero-order valence-electron chi connectivity index (χ0n) is 14.9. The van der Waals surface area contributed by atoms with Crippen LogP contribution in [0.2, 0.25) is 5.02 Å². The standard InChI is InChI=1S/C19H16ClN3O5/c1-27-16-8-15(17(28-2)7-14(16)20)22-10-12(9-21)18(24)23-13-5-3-11(4-6-13)19(25)26/h3-8,10,22H,1-2H3,(H,23,24)(H,25,26)/b12-10-. The molecular weight excluding hydrogens is 386 g/mol. The average molecular weight is 402 g/mol. The minimum absolute atomic E-state index is 0.0829. The van der Waals surface area contributed by atoms with Crippen molar-refractivity contribution in [2.75, 3.05) is 24.9 Å². The quantitative estimate of drug-likeness (QED) is 0.479. The van der Waals surface area contributed by atoms with Crippen molar-refractivity contribution in [1.82, 2.24) is 0 Å². The molecule has 0 aliphatic carbocycles. The van der Waals surface area contributed by atoms with Gasteiger partial charge in [0.1, 0.15) is 23.1 Å². The lowest BCUT2D eigenvalue weighted by Gasteiger charge is -2.12. The van der Waals surface area contributed by atoms with E-state index in [2.05, 4.69) is 10.6 Å². The van der Waals surface area contributed by atoms with Gasteiger partial charge in [-0.05, 0) is 24.3 Å². The van der Waals surface area contributed by atoms with E-state index in [0.717, 1.165) is 0 Å². The van der Waals surface area contributed by atoms with E-state index in [1.807, 2.05) is 0 Å². The molecule has 0 radical (unpaired) electrons. The van der Waals surface area contributed by atoms with Gasteiger partial charge in [0.25, 0.3) is 5.91 Å². The number of hydrogen-bond donors (Lipinski definition) is 3. The SMILES string of the molecule is COc1cc(N/C=C(/C#N)C(=O)Nc2ccc(C(=O)O)cc2)c(OC)cc1Cl. The molecule has 8 nitrogen and oxygen atoms in total. The van der Waals surface area contributed by atoms with E-state index in [-0.39, 0.29) is 11.1 Å². The number of nitriles is 1. The van der Waals surface area contributed by atoms with Crippen LogP contribution in [0.1, 0.15) is 10.4 Å². The normalized spacial score (nSPS) is 10.6. The number of anilines is 2. The fourth-order valence-corrected chi connectivity index (χ4v) is 2.40. The van der Waals surface area contributed by atoms with Gasteiger partial charge in [-0.3, -0.25) is 4.79 Å². The van der Waals surface area contributed by atoms with Gasteiger partial charge in [-0.25, -0.2) is 4.79 Å². The van der Waals surface area contributed by atoms with Crippen LogP contribution in [0.5, 0.6) is 11.5 Å². The van der Waals surface area contributed by atoms with Crippen molar-refractivity contribution in [3.05, 3.63) is 58.8 Å². The predicted molar refractivity (Wildman–Crippen MR) is 104 cm³/mol. The number of ether oxygens (including phenoxy) is 2. The zero-order chi connectivity index (χ0) is 20.7. The molecule has 0 unspecified atom stereocenters. The molecule has 2 rings (SSSR count). The summed E-state index contributed by atoms with van der Waals surface area (Å²) >= 11 is 6.04. The van der Waals surface area contributed by atoms with Gasteiger partial charge in [-0.2, -0.15) is 5.26 Å². The molecule has 28 heavy (non-hydrogen) atoms. The molecule has 0 aliphatic heterocycles. The molecule has 144 valence electrons. The van der Waals surface area contributed by atoms with Crippen LogP contribution in [-0.2, 0) is 4.79 Å². The van der Waals surface area contributed by atoms with E-state index >= 15 is 0 Å². The number of amides is 1. The predicted octanol–water partition coefficient (Wildman–Crippen LogP) is 3.51. The molecule has 0 aliphatic rings. The molecule has 0 saturated carbocycles. The summed E-state index contributed by atoms with van der Waals surface area (Å²) in [4.78, 5) is 23.1. The monoisotopic (exact) mass is 401 g/mol. The summed E-state index contributed by atoms with van der Waals surface area (Å²) < 4.78 is 10.4. The fraction of sp³-hybridized carbons (Fsp3) is 0.105. The van der Waals surface area contributed by atoms with Crippen LogP contribution in [0.3, 0.4) is 0 Å². The molecule has 9 heteroatoms. The van der Waals surface area contributed by atoms with Crippen LogP contribution in [-0.4, -0.2) is 31.2 Å². The van der Waals surface area contributed by atoms with Crippen molar-refractivity contribution in [2.45, 2.75) is 0 Å². The lowest BCUT2D eigenvalue weighted by atomic mass is 10.2. The molecule has 3 N–H and O–H groups in total. The highest BCUT2D eigenvalue weighted by molar-refractivity contribution is 6.32. The Morgan fingerprint density at radius 2 is 1.79 bits per heavy atom. The van der Waals surface area contributed by atoms with Gasteiger partial charge in [0.05, 0.1) is 30.5 Å². The summed E-state index contributed by atoms with van der Waals surface area (Å²) in [6.45, 7) is 0. The molecule has 0 fully saturated rings. The molecule has 0 aromatic heterocycles. The number of carbonyl (C=O) groups is 2. The number of carboxylic acid groups (broad SMARTS) is 1. The van der Waals surface area contributed by atoms with Crippen LogP contribution >= 0.6 is 11.6 Å². The summed E-state index contributed by atoms with van der Waals surface area (Å²) in [5.41, 5.74) is 0.662. The first-order chi connectivity index (χ1) is 13.4. The average Bonchev–Trinajstić information content (AvgIpc) is 2.69. The van der Waals surface area contributed by atoms with Gasteiger partial charge in [-0.1, -0.05) is 11.6 Å². The minimum Gasteiger partial charge on any atom is -0.495 e. The number of carbonyl (C=O) groups excluding carboxylic acids is 1. The second-order valence-electron chi connectivity index (χ2n) is 5.34. The lowest BCUT2D eigenvalue weighted by molar-refractivity contribution is -0.112. The number of rotatable bonds is 7. The number of nitrogens with zero attached hydrogens (tertiary/aromatic N) is 1. The molecule has 0 spiro atoms. The largest absolute Gasteiger partial charge is 0.495 e. The Hall–Kier alpha value is -3.70. The van der Waals surface area contributed by atoms with E-state index in [0.29, 0.717) is 27.9 Å². The van der Waals surface area contributed by atoms with Gasteiger partial charge < -0.3 is 25.2 Å². The highest BCUT2D eigenvalue weighted by Crippen LogP contribution is 2.35. The molecule has 0 bridgehead atoms. The van der Waals surface area contributed by atoms with Crippen LogP contribution in [0.25, 0.3) is 0 Å². The maximum Gasteiger partial charge on any atom is 0.335 e. The topological polar surface area (TPSA) is 121 Å². The maximum absolute atomic E-state index is 12.3. The van der Waals surface area contributed by atoms with E-state index < -0.39 is 11.9 Å². The Morgan fingerprint density at radius 1 is 1.14 bits per heavy atom. The van der Waals surface area contributed by atoms with Crippen molar-refractivity contribution in [3.8, 4) is 17.6 Å². The van der Waals surface area contributed by atoms with Gasteiger partial charge in [0.2, 0.25) is 0 Å². The molecule has 0 atom stereocenters. The Kier molecular flexibility index (Phi) is 6.84. The van der Waals surface area contributed by atoms with Gasteiger partial charge >= 0.3 is 5.97 Å². The molecule has 2 aromatic rings. The third-order valence-electron chi connectivity index (χ3n) is 3.60. The summed E-state index contributed by atoms with van der Waals surface area (Å²) in [6.07, 6.45) is 1.21. The van der Waals surface area contributed by atoms with E-state index in [1.165, 1.54) is 50.8 Å². The first-order valence-electron chi connectivity index (χ1n) is 7.82. The van der Waals surface area contributed by atoms with Crippen LogP contribution < -0.4 is 20.1 Å². The second kappa shape index (κ2) is 9.30. The highest BCUT2D eigenvalue weighted by Gasteiger charge is 2.13. The Morgan fingerprint density at radius 3 is 2.32 bits per heavy atom. The summed E-state index contributed by atoms with van der Waals surface area (Å²) in [5, 5.41) is 23.8. The number of nitrogens with one attached hydrogen (secondary N) is 2. The molecule has 0 saturated heterocycles. The number of benzene rings is 2. The zero-order valence-corrected chi connectivity index (χ0v) is 15.7. The molecular formula is C19H16ClN3O5. The molecule has 2 aromatic carbocycles. The lowest BCUT2D eigenvalue weighted by Crippen LogP contribution is -2.14. The van der Waals surface area contributed by atoms with Gasteiger partial charge in [0.15, 0.2) is 0 Å². The Labute approximate surface area is 165 Å². The van der Waals surface area contributed by atoms with Crippen LogP contribution in [0.15, 0.2) is 48.2 Å². The van der Waals surface area contributed by atoms with Gasteiger partial charge in [-0.15, -0.1) is 0 Å². The summed E-state index contributed by atoms with van der Waals surface area (Å²) in [6, 6.07) is 10.4. The van der Waals surface area contributed by atoms with Crippen LogP contribution in [0, 0.1) is 11.3 Å². The van der Waals surface area contributed by atoms with E-state index in [9.17, 15) is 14.9 Å². The molecule has 1 amide bonds. The first kappa shape index (κ1) is 20.6. The van der Waals surface area contributed by atoms with Crippen molar-refractivity contribution >= 4 is 34.9 Å². The maximum atomic E-state index is 12.3. The fourth-order valence-electron chi connectivity index (χ4n) is 2.17. The number of aromatic carboxylic acids is 1. The van der Waals surface area contributed by atoms with E-state index in [4.69, 9.17) is 26.2 Å². The number of halogens is 1. The second-order valence-corrected chi connectivity index (χ2v) is 5.75. The first-order valence-corrected chi connectivity index (χ1v) is 8.20. The number of carboxylic acids is 1. The van der Waals surface area contributed by atoms with E-state index in [1.54, 1.807) is 12.1 Å². The van der Waals surface area contributed by atoms with Crippen LogP contribution in [0.4, 0.5) is 11.4 Å². The van der Waals surface area contributed by atoms with Crippen molar-refractivity contribution < 1.29 is 24.2 Å². The van der Waals surface area contributed by atoms with Crippen molar-refractivity contribution in [3.63, 3.8) is 0 Å². The van der Waals surface area contributed by atoms with Crippen molar-refractivity contribution in [1.29, 1.82) is 5.26 Å². The summed E-state index contributed by atoms with van der Waals surface area (Å²) in [5.74, 6) is -0.964. The number of methoxy groups -OCH3 is 2. The van der Waals surface area contributed by atoms with Gasteiger partial charge in [0, 0.05) is 24.0 Å². The Bertz CT molecular complexity index is 965. The number of hydrogen-bond acceptors (Lipinski definition) is 6. The minimum atomic E-state index is -1.08. The summed E-state index contributed by atoms with van der Waals surface area (Å²) in [7, 11) is 2.91. The highest BCUT2D eigenvalue weighted by atomic mass is 35.5. The third kappa shape index (κ3) is 4.93. The third-order valence-corrected chi connectivity index (χ3v) is 3.90. The molecule has 0 heterocycles.